The first-order valence-electron chi connectivity index (χ1n) is 6.16. The van der Waals surface area contributed by atoms with Gasteiger partial charge in [0.1, 0.15) is 17.6 Å². The van der Waals surface area contributed by atoms with Gasteiger partial charge in [-0.15, -0.1) is 0 Å². The van der Waals surface area contributed by atoms with E-state index in [0.29, 0.717) is 5.76 Å². The molecule has 3 nitrogen and oxygen atoms in total. The van der Waals surface area contributed by atoms with Crippen LogP contribution >= 0.6 is 0 Å². The van der Waals surface area contributed by atoms with Crippen molar-refractivity contribution in [3.63, 3.8) is 0 Å². The van der Waals surface area contributed by atoms with Gasteiger partial charge in [0.2, 0.25) is 0 Å². The van der Waals surface area contributed by atoms with Gasteiger partial charge >= 0.3 is 0 Å². The van der Waals surface area contributed by atoms with Gasteiger partial charge in [-0.3, -0.25) is 0 Å². The monoisotopic (exact) mass is 238 g/mol. The summed E-state index contributed by atoms with van der Waals surface area (Å²) in [5.41, 5.74) is -0.513. The van der Waals surface area contributed by atoms with E-state index in [2.05, 4.69) is 13.8 Å². The lowest BCUT2D eigenvalue weighted by atomic mass is 9.82. The van der Waals surface area contributed by atoms with E-state index >= 15 is 0 Å². The number of aliphatic hydroxyl groups is 1. The van der Waals surface area contributed by atoms with E-state index < -0.39 is 6.10 Å². The molecule has 1 N–H and O–H groups in total. The second-order valence-corrected chi connectivity index (χ2v) is 6.17. The van der Waals surface area contributed by atoms with Crippen LogP contribution in [0.5, 0.6) is 0 Å². The van der Waals surface area contributed by atoms with Crippen molar-refractivity contribution in [2.45, 2.75) is 58.3 Å². The molecule has 17 heavy (non-hydrogen) atoms. The van der Waals surface area contributed by atoms with Crippen LogP contribution in [0.15, 0.2) is 16.5 Å². The number of aliphatic hydroxyl groups excluding tert-OH is 1. The van der Waals surface area contributed by atoms with Crippen LogP contribution in [0.3, 0.4) is 0 Å². The molecule has 0 amide bonds. The molecule has 2 rings (SSSR count). The minimum atomic E-state index is -0.597. The molecule has 0 aliphatic carbocycles. The van der Waals surface area contributed by atoms with Crippen LogP contribution in [0.4, 0.5) is 0 Å². The molecule has 1 aromatic rings. The van der Waals surface area contributed by atoms with Crippen molar-refractivity contribution in [3.05, 3.63) is 23.7 Å². The topological polar surface area (TPSA) is 42.6 Å². The van der Waals surface area contributed by atoms with Gasteiger partial charge in [-0.1, -0.05) is 0 Å². The lowest BCUT2D eigenvalue weighted by molar-refractivity contribution is -0.0899. The summed E-state index contributed by atoms with van der Waals surface area (Å²) in [6, 6.07) is 3.73. The van der Waals surface area contributed by atoms with E-state index in [9.17, 15) is 5.11 Å². The Kier molecular flexibility index (Phi) is 2.87. The fraction of sp³-hybridized carbons (Fsp3) is 0.714. The van der Waals surface area contributed by atoms with Gasteiger partial charge in [-0.2, -0.15) is 0 Å². The molecule has 0 aromatic carbocycles. The Morgan fingerprint density at radius 2 is 1.94 bits per heavy atom. The fourth-order valence-electron chi connectivity index (χ4n) is 2.91. The Labute approximate surface area is 103 Å². The van der Waals surface area contributed by atoms with Crippen LogP contribution in [-0.4, -0.2) is 16.3 Å². The summed E-state index contributed by atoms with van der Waals surface area (Å²) in [6.07, 6.45) is 0.237. The molecule has 1 saturated heterocycles. The summed E-state index contributed by atoms with van der Waals surface area (Å²) in [4.78, 5) is 0. The van der Waals surface area contributed by atoms with Crippen LogP contribution in [-0.2, 0) is 4.74 Å². The van der Waals surface area contributed by atoms with Crippen molar-refractivity contribution < 1.29 is 14.3 Å². The van der Waals surface area contributed by atoms with Crippen LogP contribution in [0.25, 0.3) is 0 Å². The Morgan fingerprint density at radius 1 is 1.29 bits per heavy atom. The molecule has 2 heterocycles. The van der Waals surface area contributed by atoms with E-state index in [1.165, 1.54) is 0 Å². The lowest BCUT2D eigenvalue weighted by Crippen LogP contribution is -2.32. The molecule has 3 heteroatoms. The molecular weight excluding hydrogens is 216 g/mol. The van der Waals surface area contributed by atoms with Crippen LogP contribution in [0.1, 0.15) is 51.7 Å². The third kappa shape index (κ3) is 2.40. The standard InChI is InChI=1S/C14H22O3/c1-9-6-7-11(16-9)12(15)10-8-13(2,3)17-14(10,4)5/h6-7,10,12,15H,8H2,1-5H3. The zero-order valence-corrected chi connectivity index (χ0v) is 11.3. The maximum atomic E-state index is 10.4. The van der Waals surface area contributed by atoms with Crippen molar-refractivity contribution in [1.82, 2.24) is 0 Å². The minimum absolute atomic E-state index is 0.0584. The van der Waals surface area contributed by atoms with Crippen LogP contribution < -0.4 is 0 Å². The molecule has 2 atom stereocenters. The normalized spacial score (nSPS) is 28.2. The highest BCUT2D eigenvalue weighted by Gasteiger charge is 2.49. The summed E-state index contributed by atoms with van der Waals surface area (Å²) in [5, 5.41) is 10.4. The molecule has 96 valence electrons. The van der Waals surface area contributed by atoms with Gasteiger partial charge in [0, 0.05) is 5.92 Å². The molecule has 0 radical (unpaired) electrons. The number of hydrogen-bond donors (Lipinski definition) is 1. The van der Waals surface area contributed by atoms with E-state index in [0.717, 1.165) is 12.2 Å². The van der Waals surface area contributed by atoms with Crippen molar-refractivity contribution >= 4 is 0 Å². The van der Waals surface area contributed by atoms with Crippen LogP contribution in [0, 0.1) is 12.8 Å². The third-order valence-electron chi connectivity index (χ3n) is 3.58. The van der Waals surface area contributed by atoms with Crippen molar-refractivity contribution in [3.8, 4) is 0 Å². The lowest BCUT2D eigenvalue weighted by Gasteiger charge is -2.29. The van der Waals surface area contributed by atoms with Gasteiger partial charge in [0.05, 0.1) is 11.2 Å². The summed E-state index contributed by atoms with van der Waals surface area (Å²) >= 11 is 0. The quantitative estimate of drug-likeness (QED) is 0.860. The van der Waals surface area contributed by atoms with E-state index in [-0.39, 0.29) is 17.1 Å². The predicted octanol–water partition coefficient (Wildman–Crippen LogP) is 3.22. The molecule has 1 fully saturated rings. The average Bonchev–Trinajstić information content (AvgIpc) is 2.66. The average molecular weight is 238 g/mol. The number of aryl methyl sites for hydroxylation is 1. The predicted molar refractivity (Wildman–Crippen MR) is 65.8 cm³/mol. The second-order valence-electron chi connectivity index (χ2n) is 6.17. The maximum absolute atomic E-state index is 10.4. The maximum Gasteiger partial charge on any atom is 0.133 e. The summed E-state index contributed by atoms with van der Waals surface area (Å²) in [5.74, 6) is 1.53. The summed E-state index contributed by atoms with van der Waals surface area (Å²) in [6.45, 7) is 10.1. The highest BCUT2D eigenvalue weighted by atomic mass is 16.5. The molecule has 0 bridgehead atoms. The number of ether oxygens (including phenoxy) is 1. The third-order valence-corrected chi connectivity index (χ3v) is 3.58. The summed E-state index contributed by atoms with van der Waals surface area (Å²) in [7, 11) is 0. The smallest absolute Gasteiger partial charge is 0.133 e. The van der Waals surface area contributed by atoms with Crippen molar-refractivity contribution in [2.24, 2.45) is 5.92 Å². The fourth-order valence-corrected chi connectivity index (χ4v) is 2.91. The Bertz CT molecular complexity index is 403. The Hall–Kier alpha value is -0.800. The van der Waals surface area contributed by atoms with Gasteiger partial charge in [0.25, 0.3) is 0 Å². The van der Waals surface area contributed by atoms with Crippen LogP contribution in [0.2, 0.25) is 0 Å². The molecule has 0 spiro atoms. The van der Waals surface area contributed by atoms with Gasteiger partial charge in [-0.25, -0.2) is 0 Å². The summed E-state index contributed by atoms with van der Waals surface area (Å²) < 4.78 is 11.5. The first kappa shape index (κ1) is 12.7. The number of furan rings is 1. The molecule has 0 saturated carbocycles. The minimum Gasteiger partial charge on any atom is -0.464 e. The first-order chi connectivity index (χ1) is 7.71. The Morgan fingerprint density at radius 3 is 2.35 bits per heavy atom. The zero-order chi connectivity index (χ0) is 12.8. The second kappa shape index (κ2) is 3.85. The largest absolute Gasteiger partial charge is 0.464 e. The van der Waals surface area contributed by atoms with E-state index in [1.54, 1.807) is 0 Å². The molecular formula is C14H22O3. The molecule has 1 aliphatic rings. The van der Waals surface area contributed by atoms with E-state index in [4.69, 9.17) is 9.15 Å². The van der Waals surface area contributed by atoms with Gasteiger partial charge in [-0.05, 0) is 53.2 Å². The first-order valence-corrected chi connectivity index (χ1v) is 6.16. The SMILES string of the molecule is Cc1ccc(C(O)C2CC(C)(C)OC2(C)C)o1. The van der Waals surface area contributed by atoms with E-state index in [1.807, 2.05) is 32.9 Å². The highest BCUT2D eigenvalue weighted by molar-refractivity contribution is 5.12. The number of rotatable bonds is 2. The van der Waals surface area contributed by atoms with Gasteiger partial charge < -0.3 is 14.3 Å². The number of hydrogen-bond acceptors (Lipinski definition) is 3. The molecule has 2 unspecified atom stereocenters. The highest BCUT2D eigenvalue weighted by Crippen LogP contribution is 2.47. The Balaban J connectivity index is 2.23. The zero-order valence-electron chi connectivity index (χ0n) is 11.3. The van der Waals surface area contributed by atoms with Crippen molar-refractivity contribution in [1.29, 1.82) is 0 Å². The molecule has 1 aromatic heterocycles. The van der Waals surface area contributed by atoms with Gasteiger partial charge in [0.15, 0.2) is 0 Å². The molecule has 1 aliphatic heterocycles. The van der Waals surface area contributed by atoms with Crippen molar-refractivity contribution in [2.75, 3.05) is 0 Å².